The van der Waals surface area contributed by atoms with Crippen molar-refractivity contribution in [3.63, 3.8) is 0 Å². The molecule has 0 aliphatic carbocycles. The van der Waals surface area contributed by atoms with Gasteiger partial charge >= 0.3 is 0 Å². The summed E-state index contributed by atoms with van der Waals surface area (Å²) in [4.78, 5) is 4.84. The Hall–Kier alpha value is -0.680. The Balaban J connectivity index is 1.99. The molecule has 0 aromatic carbocycles. The monoisotopic (exact) mass is 298 g/mol. The van der Waals surface area contributed by atoms with Crippen molar-refractivity contribution in [1.29, 1.82) is 0 Å². The summed E-state index contributed by atoms with van der Waals surface area (Å²) in [5.74, 6) is 1.02. The third-order valence-electron chi connectivity index (χ3n) is 3.09. The molecule has 1 aromatic heterocycles. The molecular formula is C12H19BrN4. The molecule has 17 heavy (non-hydrogen) atoms. The Bertz CT molecular complexity index is 358. The quantitative estimate of drug-likeness (QED) is 0.795. The van der Waals surface area contributed by atoms with Gasteiger partial charge in [-0.15, -0.1) is 5.10 Å². The molecule has 2 heterocycles. The Labute approximate surface area is 111 Å². The van der Waals surface area contributed by atoms with Crippen molar-refractivity contribution in [2.75, 3.05) is 43.0 Å². The summed E-state index contributed by atoms with van der Waals surface area (Å²) < 4.78 is 0. The van der Waals surface area contributed by atoms with Crippen molar-refractivity contribution in [2.24, 2.45) is 0 Å². The van der Waals surface area contributed by atoms with E-state index in [2.05, 4.69) is 48.9 Å². The molecule has 1 aromatic rings. The third-order valence-corrected chi connectivity index (χ3v) is 3.45. The molecule has 0 atom stereocenters. The first kappa shape index (κ1) is 12.8. The molecule has 1 aliphatic rings. The summed E-state index contributed by atoms with van der Waals surface area (Å²) in [5.41, 5.74) is 1.18. The Morgan fingerprint density at radius 2 is 2.18 bits per heavy atom. The maximum Gasteiger partial charge on any atom is 0.151 e. The average molecular weight is 299 g/mol. The SMILES string of the molecule is Cc1cnnc(N2CCCN(CCBr)CC2)c1. The van der Waals surface area contributed by atoms with Crippen molar-refractivity contribution in [1.82, 2.24) is 15.1 Å². The fourth-order valence-electron chi connectivity index (χ4n) is 2.15. The van der Waals surface area contributed by atoms with E-state index < -0.39 is 0 Å². The largest absolute Gasteiger partial charge is 0.354 e. The number of rotatable bonds is 3. The average Bonchev–Trinajstić information content (AvgIpc) is 2.55. The second-order valence-corrected chi connectivity index (χ2v) is 5.26. The Kier molecular flexibility index (Phi) is 4.74. The van der Waals surface area contributed by atoms with Gasteiger partial charge in [0, 0.05) is 31.5 Å². The Morgan fingerprint density at radius 3 is 2.94 bits per heavy atom. The second-order valence-electron chi connectivity index (χ2n) is 4.46. The fourth-order valence-corrected chi connectivity index (χ4v) is 2.65. The van der Waals surface area contributed by atoms with Gasteiger partial charge in [0.2, 0.25) is 0 Å². The van der Waals surface area contributed by atoms with Crippen LogP contribution in [0.3, 0.4) is 0 Å². The predicted octanol–water partition coefficient (Wildman–Crippen LogP) is 1.69. The van der Waals surface area contributed by atoms with Gasteiger partial charge in [-0.2, -0.15) is 5.10 Å². The lowest BCUT2D eigenvalue weighted by Gasteiger charge is -2.22. The lowest BCUT2D eigenvalue weighted by Crippen LogP contribution is -2.32. The van der Waals surface area contributed by atoms with E-state index in [4.69, 9.17) is 0 Å². The van der Waals surface area contributed by atoms with Gasteiger partial charge in [0.05, 0.1) is 6.20 Å². The van der Waals surface area contributed by atoms with E-state index in [1.807, 2.05) is 0 Å². The van der Waals surface area contributed by atoms with Crippen LogP contribution in [0.15, 0.2) is 12.3 Å². The molecule has 0 unspecified atom stereocenters. The zero-order chi connectivity index (χ0) is 12.1. The Morgan fingerprint density at radius 1 is 1.29 bits per heavy atom. The van der Waals surface area contributed by atoms with Gasteiger partial charge in [0.1, 0.15) is 0 Å². The highest BCUT2D eigenvalue weighted by Gasteiger charge is 2.15. The van der Waals surface area contributed by atoms with Crippen molar-refractivity contribution < 1.29 is 0 Å². The summed E-state index contributed by atoms with van der Waals surface area (Å²) in [6.07, 6.45) is 3.00. The molecule has 1 fully saturated rings. The highest BCUT2D eigenvalue weighted by Crippen LogP contribution is 2.13. The number of alkyl halides is 1. The normalized spacial score (nSPS) is 18.1. The summed E-state index contributed by atoms with van der Waals surface area (Å²) in [7, 11) is 0. The fraction of sp³-hybridized carbons (Fsp3) is 0.667. The predicted molar refractivity (Wildman–Crippen MR) is 73.8 cm³/mol. The lowest BCUT2D eigenvalue weighted by molar-refractivity contribution is 0.313. The zero-order valence-corrected chi connectivity index (χ0v) is 11.9. The van der Waals surface area contributed by atoms with Gasteiger partial charge < -0.3 is 9.80 Å². The first-order valence-electron chi connectivity index (χ1n) is 6.12. The van der Waals surface area contributed by atoms with Crippen molar-refractivity contribution in [3.8, 4) is 0 Å². The molecule has 5 heteroatoms. The van der Waals surface area contributed by atoms with Crippen molar-refractivity contribution in [2.45, 2.75) is 13.3 Å². The molecule has 4 nitrogen and oxygen atoms in total. The van der Waals surface area contributed by atoms with Crippen LogP contribution in [0, 0.1) is 6.92 Å². The molecule has 2 rings (SSSR count). The minimum absolute atomic E-state index is 1.02. The van der Waals surface area contributed by atoms with E-state index >= 15 is 0 Å². The second kappa shape index (κ2) is 6.31. The van der Waals surface area contributed by atoms with Gasteiger partial charge in [-0.3, -0.25) is 0 Å². The van der Waals surface area contributed by atoms with Crippen LogP contribution in [0.2, 0.25) is 0 Å². The van der Waals surface area contributed by atoms with Crippen molar-refractivity contribution in [3.05, 3.63) is 17.8 Å². The number of anilines is 1. The number of aromatic nitrogens is 2. The summed E-state index contributed by atoms with van der Waals surface area (Å²) in [6.45, 7) is 7.62. The molecule has 94 valence electrons. The van der Waals surface area contributed by atoms with Crippen LogP contribution in [-0.2, 0) is 0 Å². The molecule has 0 amide bonds. The van der Waals surface area contributed by atoms with Crippen LogP contribution in [0.25, 0.3) is 0 Å². The van der Waals surface area contributed by atoms with E-state index in [-0.39, 0.29) is 0 Å². The van der Waals surface area contributed by atoms with E-state index in [9.17, 15) is 0 Å². The lowest BCUT2D eigenvalue weighted by atomic mass is 10.3. The van der Waals surface area contributed by atoms with Crippen LogP contribution >= 0.6 is 15.9 Å². The third kappa shape index (κ3) is 3.64. The number of halogens is 1. The number of hydrogen-bond donors (Lipinski definition) is 0. The molecule has 0 spiro atoms. The van der Waals surface area contributed by atoms with Crippen LogP contribution in [0.4, 0.5) is 5.82 Å². The highest BCUT2D eigenvalue weighted by molar-refractivity contribution is 9.09. The summed E-state index contributed by atoms with van der Waals surface area (Å²) in [5, 5.41) is 9.31. The minimum atomic E-state index is 1.02. The van der Waals surface area contributed by atoms with E-state index in [0.29, 0.717) is 0 Å². The van der Waals surface area contributed by atoms with Crippen LogP contribution < -0.4 is 4.90 Å². The summed E-state index contributed by atoms with van der Waals surface area (Å²) in [6, 6.07) is 2.12. The maximum absolute atomic E-state index is 4.22. The van der Waals surface area contributed by atoms with Gasteiger partial charge in [0.25, 0.3) is 0 Å². The van der Waals surface area contributed by atoms with E-state index in [1.165, 1.54) is 18.5 Å². The van der Waals surface area contributed by atoms with Crippen LogP contribution in [0.1, 0.15) is 12.0 Å². The minimum Gasteiger partial charge on any atom is -0.354 e. The molecule has 0 bridgehead atoms. The molecule has 0 radical (unpaired) electrons. The summed E-state index contributed by atoms with van der Waals surface area (Å²) >= 11 is 3.50. The highest BCUT2D eigenvalue weighted by atomic mass is 79.9. The van der Waals surface area contributed by atoms with E-state index in [1.54, 1.807) is 6.20 Å². The number of aryl methyl sites for hydroxylation is 1. The van der Waals surface area contributed by atoms with Gasteiger partial charge in [-0.1, -0.05) is 15.9 Å². The molecular weight excluding hydrogens is 280 g/mol. The molecule has 0 saturated carbocycles. The van der Waals surface area contributed by atoms with Gasteiger partial charge in [0.15, 0.2) is 5.82 Å². The topological polar surface area (TPSA) is 32.3 Å². The molecule has 1 aliphatic heterocycles. The standard InChI is InChI=1S/C12H19BrN4/c1-11-9-12(15-14-10-11)17-5-2-4-16(6-3-13)7-8-17/h9-10H,2-8H2,1H3. The maximum atomic E-state index is 4.22. The van der Waals surface area contributed by atoms with Gasteiger partial charge in [-0.25, -0.2) is 0 Å². The van der Waals surface area contributed by atoms with Crippen molar-refractivity contribution >= 4 is 21.7 Å². The number of nitrogens with zero attached hydrogens (tertiary/aromatic N) is 4. The number of hydrogen-bond acceptors (Lipinski definition) is 4. The van der Waals surface area contributed by atoms with Crippen LogP contribution in [0.5, 0.6) is 0 Å². The molecule has 0 N–H and O–H groups in total. The van der Waals surface area contributed by atoms with E-state index in [0.717, 1.165) is 37.3 Å². The van der Waals surface area contributed by atoms with Gasteiger partial charge in [-0.05, 0) is 31.5 Å². The first-order valence-corrected chi connectivity index (χ1v) is 7.24. The first-order chi connectivity index (χ1) is 8.29. The molecule has 1 saturated heterocycles. The van der Waals surface area contributed by atoms with Crippen LogP contribution in [-0.4, -0.2) is 53.2 Å². The zero-order valence-electron chi connectivity index (χ0n) is 10.3. The smallest absolute Gasteiger partial charge is 0.151 e.